The first-order chi connectivity index (χ1) is 9.22. The summed E-state index contributed by atoms with van der Waals surface area (Å²) in [5.41, 5.74) is 2.20. The van der Waals surface area contributed by atoms with Crippen LogP contribution in [0.25, 0.3) is 0 Å². The number of halogens is 2. The Labute approximate surface area is 122 Å². The number of hydrogen-bond donors (Lipinski definition) is 1. The van der Waals surface area contributed by atoms with Crippen LogP contribution in [0, 0.1) is 5.82 Å². The van der Waals surface area contributed by atoms with Crippen molar-refractivity contribution in [1.29, 1.82) is 0 Å². The van der Waals surface area contributed by atoms with E-state index in [1.807, 2.05) is 24.3 Å². The Kier molecular flexibility index (Phi) is 5.11. The van der Waals surface area contributed by atoms with Crippen molar-refractivity contribution in [3.63, 3.8) is 0 Å². The quantitative estimate of drug-likeness (QED) is 0.856. The van der Waals surface area contributed by atoms with Gasteiger partial charge in [0.05, 0.1) is 4.47 Å². The third-order valence-electron chi connectivity index (χ3n) is 3.09. The van der Waals surface area contributed by atoms with Crippen molar-refractivity contribution >= 4 is 15.9 Å². The number of nitrogens with one attached hydrogen (secondary N) is 1. The third-order valence-corrected chi connectivity index (χ3v) is 3.93. The van der Waals surface area contributed by atoms with Gasteiger partial charge in [0, 0.05) is 6.04 Å². The molecule has 0 spiro atoms. The highest BCUT2D eigenvalue weighted by Gasteiger charge is 2.16. The van der Waals surface area contributed by atoms with Crippen LogP contribution < -0.4 is 5.32 Å². The van der Waals surface area contributed by atoms with Crippen molar-refractivity contribution in [1.82, 2.24) is 5.32 Å². The zero-order valence-corrected chi connectivity index (χ0v) is 12.5. The monoisotopic (exact) mass is 321 g/mol. The van der Waals surface area contributed by atoms with Gasteiger partial charge in [0.15, 0.2) is 0 Å². The fraction of sp³-hybridized carbons (Fsp3) is 0.250. The van der Waals surface area contributed by atoms with Crippen LogP contribution >= 0.6 is 15.9 Å². The van der Waals surface area contributed by atoms with E-state index in [9.17, 15) is 4.39 Å². The van der Waals surface area contributed by atoms with Crippen molar-refractivity contribution in [2.45, 2.75) is 19.4 Å². The van der Waals surface area contributed by atoms with E-state index < -0.39 is 0 Å². The van der Waals surface area contributed by atoms with Gasteiger partial charge in [0.2, 0.25) is 0 Å². The largest absolute Gasteiger partial charge is 0.310 e. The van der Waals surface area contributed by atoms with Crippen LogP contribution in [0.15, 0.2) is 53.0 Å². The van der Waals surface area contributed by atoms with Gasteiger partial charge in [-0.1, -0.05) is 49.4 Å². The molecule has 19 heavy (non-hydrogen) atoms. The van der Waals surface area contributed by atoms with Gasteiger partial charge in [-0.05, 0) is 46.1 Å². The zero-order valence-electron chi connectivity index (χ0n) is 10.9. The summed E-state index contributed by atoms with van der Waals surface area (Å²) in [6.07, 6.45) is 0.844. The molecule has 0 aliphatic carbocycles. The zero-order chi connectivity index (χ0) is 13.7. The number of benzene rings is 2. The summed E-state index contributed by atoms with van der Waals surface area (Å²) < 4.78 is 14.2. The van der Waals surface area contributed by atoms with E-state index in [0.717, 1.165) is 18.5 Å². The maximum absolute atomic E-state index is 13.6. The first-order valence-corrected chi connectivity index (χ1v) is 7.23. The number of hydrogen-bond acceptors (Lipinski definition) is 1. The summed E-state index contributed by atoms with van der Waals surface area (Å²) in [6.45, 7) is 2.91. The maximum atomic E-state index is 13.6. The molecule has 1 nitrogen and oxygen atoms in total. The van der Waals surface area contributed by atoms with E-state index in [2.05, 4.69) is 40.3 Å². The van der Waals surface area contributed by atoms with E-state index in [4.69, 9.17) is 0 Å². The van der Waals surface area contributed by atoms with E-state index in [1.165, 1.54) is 11.6 Å². The van der Waals surface area contributed by atoms with Crippen LogP contribution in [-0.4, -0.2) is 6.54 Å². The second-order valence-electron chi connectivity index (χ2n) is 4.44. The van der Waals surface area contributed by atoms with Crippen LogP contribution in [-0.2, 0) is 6.42 Å². The fourth-order valence-corrected chi connectivity index (χ4v) is 2.72. The highest BCUT2D eigenvalue weighted by Crippen LogP contribution is 2.28. The van der Waals surface area contributed by atoms with E-state index in [0.29, 0.717) is 4.47 Å². The summed E-state index contributed by atoms with van der Waals surface area (Å²) in [5, 5.41) is 3.42. The molecule has 0 radical (unpaired) electrons. The van der Waals surface area contributed by atoms with Gasteiger partial charge in [0.1, 0.15) is 5.82 Å². The molecule has 0 heterocycles. The van der Waals surface area contributed by atoms with Crippen LogP contribution in [0.5, 0.6) is 0 Å². The van der Waals surface area contributed by atoms with Crippen LogP contribution in [0.3, 0.4) is 0 Å². The summed E-state index contributed by atoms with van der Waals surface area (Å²) in [7, 11) is 0. The molecule has 1 unspecified atom stereocenters. The number of rotatable bonds is 5. The van der Waals surface area contributed by atoms with Gasteiger partial charge < -0.3 is 5.32 Å². The lowest BCUT2D eigenvalue weighted by molar-refractivity contribution is 0.538. The molecule has 100 valence electrons. The standard InChI is InChI=1S/C16H17BrFN/c1-2-19-15(11-12-7-4-3-5-8-12)13-9-6-10-14(18)16(13)17/h3-10,15,19H,2,11H2,1H3. The topological polar surface area (TPSA) is 12.0 Å². The van der Waals surface area contributed by atoms with Crippen LogP contribution in [0.1, 0.15) is 24.1 Å². The second-order valence-corrected chi connectivity index (χ2v) is 5.24. The first kappa shape index (κ1) is 14.2. The Morgan fingerprint density at radius 2 is 1.84 bits per heavy atom. The second kappa shape index (κ2) is 6.83. The van der Waals surface area contributed by atoms with Crippen LogP contribution in [0.2, 0.25) is 0 Å². The minimum absolute atomic E-state index is 0.109. The molecule has 0 aliphatic rings. The fourth-order valence-electron chi connectivity index (χ4n) is 2.18. The van der Waals surface area contributed by atoms with Crippen molar-refractivity contribution in [2.75, 3.05) is 6.54 Å². The average molecular weight is 322 g/mol. The lowest BCUT2D eigenvalue weighted by Gasteiger charge is -2.20. The molecule has 0 fully saturated rings. The lowest BCUT2D eigenvalue weighted by Crippen LogP contribution is -2.23. The summed E-state index contributed by atoms with van der Waals surface area (Å²) >= 11 is 3.35. The molecule has 3 heteroatoms. The highest BCUT2D eigenvalue weighted by molar-refractivity contribution is 9.10. The predicted octanol–water partition coefficient (Wildman–Crippen LogP) is 4.48. The Hall–Kier alpha value is -1.19. The molecule has 0 bridgehead atoms. The highest BCUT2D eigenvalue weighted by atomic mass is 79.9. The Morgan fingerprint density at radius 3 is 2.53 bits per heavy atom. The normalized spacial score (nSPS) is 12.4. The first-order valence-electron chi connectivity index (χ1n) is 6.43. The van der Waals surface area contributed by atoms with E-state index in [-0.39, 0.29) is 11.9 Å². The van der Waals surface area contributed by atoms with Gasteiger partial charge in [-0.25, -0.2) is 4.39 Å². The van der Waals surface area contributed by atoms with Crippen molar-refractivity contribution in [2.24, 2.45) is 0 Å². The van der Waals surface area contributed by atoms with Gasteiger partial charge >= 0.3 is 0 Å². The Morgan fingerprint density at radius 1 is 1.11 bits per heavy atom. The minimum Gasteiger partial charge on any atom is -0.310 e. The molecule has 1 N–H and O–H groups in total. The van der Waals surface area contributed by atoms with Gasteiger partial charge in [-0.15, -0.1) is 0 Å². The van der Waals surface area contributed by atoms with Gasteiger partial charge in [-0.2, -0.15) is 0 Å². The molecular weight excluding hydrogens is 305 g/mol. The lowest BCUT2D eigenvalue weighted by atomic mass is 9.99. The molecule has 0 aliphatic heterocycles. The smallest absolute Gasteiger partial charge is 0.137 e. The van der Waals surface area contributed by atoms with E-state index in [1.54, 1.807) is 6.07 Å². The van der Waals surface area contributed by atoms with E-state index >= 15 is 0 Å². The number of likely N-dealkylation sites (N-methyl/N-ethyl adjacent to an activating group) is 1. The summed E-state index contributed by atoms with van der Waals surface area (Å²) in [6, 6.07) is 15.5. The minimum atomic E-state index is -0.214. The molecule has 2 aromatic rings. The van der Waals surface area contributed by atoms with Crippen molar-refractivity contribution in [3.8, 4) is 0 Å². The molecule has 0 aromatic heterocycles. The van der Waals surface area contributed by atoms with Crippen LogP contribution in [0.4, 0.5) is 4.39 Å². The maximum Gasteiger partial charge on any atom is 0.137 e. The van der Waals surface area contributed by atoms with Gasteiger partial charge in [-0.3, -0.25) is 0 Å². The van der Waals surface area contributed by atoms with Gasteiger partial charge in [0.25, 0.3) is 0 Å². The van der Waals surface area contributed by atoms with Crippen molar-refractivity contribution in [3.05, 3.63) is 69.9 Å². The average Bonchev–Trinajstić information content (AvgIpc) is 2.43. The molecule has 0 saturated carbocycles. The third kappa shape index (κ3) is 3.64. The predicted molar refractivity (Wildman–Crippen MR) is 80.7 cm³/mol. The molecule has 1 atom stereocenters. The molecule has 0 saturated heterocycles. The molecular formula is C16H17BrFN. The Bertz CT molecular complexity index is 528. The summed E-state index contributed by atoms with van der Waals surface area (Å²) in [5.74, 6) is -0.214. The Balaban J connectivity index is 2.27. The van der Waals surface area contributed by atoms with Crippen molar-refractivity contribution < 1.29 is 4.39 Å². The molecule has 2 rings (SSSR count). The SMILES string of the molecule is CCNC(Cc1ccccc1)c1cccc(F)c1Br. The molecule has 2 aromatic carbocycles. The summed E-state index contributed by atoms with van der Waals surface area (Å²) in [4.78, 5) is 0. The molecule has 0 amide bonds.